The number of hydrogen-bond donors (Lipinski definition) is 0. The van der Waals surface area contributed by atoms with Crippen molar-refractivity contribution in [1.29, 1.82) is 0 Å². The average molecular weight is 416 g/mol. The zero-order chi connectivity index (χ0) is 21.6. The summed E-state index contributed by atoms with van der Waals surface area (Å²) in [5.41, 5.74) is 1.88. The zero-order valence-corrected chi connectivity index (χ0v) is 18.0. The number of aryl methyl sites for hydroxylation is 2. The van der Waals surface area contributed by atoms with Crippen LogP contribution in [0, 0.1) is 13.8 Å². The summed E-state index contributed by atoms with van der Waals surface area (Å²) in [5, 5.41) is 0. The first-order valence-electron chi connectivity index (χ1n) is 9.38. The number of hydrogen-bond acceptors (Lipinski definition) is 5. The molecule has 0 spiro atoms. The van der Waals surface area contributed by atoms with Gasteiger partial charge in [0.1, 0.15) is 5.60 Å². The standard InChI is InChI=1S/C22H25NO5S/c1-14-6-9-16(10-7-14)29(26,27)23-19(13-20(24)28-22(3,4)5)18-12-15(2)8-11-17(18)21(23)25/h6-12,19H,13H2,1-5H3. The molecule has 0 radical (unpaired) electrons. The van der Waals surface area contributed by atoms with Gasteiger partial charge in [-0.1, -0.05) is 35.4 Å². The van der Waals surface area contributed by atoms with Gasteiger partial charge in [0, 0.05) is 5.56 Å². The van der Waals surface area contributed by atoms with Crippen LogP contribution in [0.25, 0.3) is 0 Å². The number of carbonyl (C=O) groups is 2. The van der Waals surface area contributed by atoms with Crippen LogP contribution in [0.3, 0.4) is 0 Å². The maximum atomic E-state index is 13.3. The van der Waals surface area contributed by atoms with E-state index in [1.54, 1.807) is 51.1 Å². The minimum absolute atomic E-state index is 0.00941. The molecule has 0 aliphatic carbocycles. The predicted octanol–water partition coefficient (Wildman–Crippen LogP) is 3.92. The number of carbonyl (C=O) groups excluding carboxylic acids is 2. The molecule has 2 aromatic rings. The number of ether oxygens (including phenoxy) is 1. The molecule has 1 aliphatic heterocycles. The molecule has 2 aromatic carbocycles. The summed E-state index contributed by atoms with van der Waals surface area (Å²) in [6, 6.07) is 10.5. The van der Waals surface area contributed by atoms with Crippen molar-refractivity contribution in [2.24, 2.45) is 0 Å². The lowest BCUT2D eigenvalue weighted by atomic mass is 10.00. The molecular formula is C22H25NO5S. The van der Waals surface area contributed by atoms with Crippen molar-refractivity contribution in [2.45, 2.75) is 57.6 Å². The van der Waals surface area contributed by atoms with Crippen molar-refractivity contribution in [3.8, 4) is 0 Å². The minimum Gasteiger partial charge on any atom is -0.460 e. The van der Waals surface area contributed by atoms with Gasteiger partial charge in [0.2, 0.25) is 0 Å². The molecule has 1 aliphatic rings. The Kier molecular flexibility index (Phi) is 5.30. The van der Waals surface area contributed by atoms with Crippen LogP contribution < -0.4 is 0 Å². The van der Waals surface area contributed by atoms with Crippen LogP contribution in [0.5, 0.6) is 0 Å². The normalized spacial score (nSPS) is 16.7. The molecule has 7 heteroatoms. The van der Waals surface area contributed by atoms with Crippen LogP contribution in [0.1, 0.15) is 60.3 Å². The molecule has 0 saturated heterocycles. The highest BCUT2D eigenvalue weighted by Crippen LogP contribution is 2.40. The number of fused-ring (bicyclic) bond motifs is 1. The molecule has 29 heavy (non-hydrogen) atoms. The van der Waals surface area contributed by atoms with Gasteiger partial charge in [-0.15, -0.1) is 0 Å². The molecule has 0 saturated carbocycles. The third kappa shape index (κ3) is 4.19. The third-order valence-electron chi connectivity index (χ3n) is 4.64. The molecule has 0 bridgehead atoms. The first-order valence-corrected chi connectivity index (χ1v) is 10.8. The van der Waals surface area contributed by atoms with Crippen molar-refractivity contribution in [3.63, 3.8) is 0 Å². The molecule has 3 rings (SSSR count). The Morgan fingerprint density at radius 3 is 2.21 bits per heavy atom. The Hall–Kier alpha value is -2.67. The van der Waals surface area contributed by atoms with Crippen molar-refractivity contribution >= 4 is 21.9 Å². The summed E-state index contributed by atoms with van der Waals surface area (Å²) in [4.78, 5) is 25.6. The summed E-state index contributed by atoms with van der Waals surface area (Å²) in [6.07, 6.45) is -0.245. The second kappa shape index (κ2) is 7.30. The van der Waals surface area contributed by atoms with Crippen LogP contribution in [0.2, 0.25) is 0 Å². The van der Waals surface area contributed by atoms with E-state index in [2.05, 4.69) is 0 Å². The Morgan fingerprint density at radius 2 is 1.62 bits per heavy atom. The SMILES string of the molecule is Cc1ccc(S(=O)(=O)N2C(=O)c3ccc(C)cc3C2CC(=O)OC(C)(C)C)cc1. The van der Waals surface area contributed by atoms with Gasteiger partial charge in [-0.05, 0) is 58.4 Å². The quantitative estimate of drug-likeness (QED) is 0.707. The number of nitrogens with zero attached hydrogens (tertiary/aromatic N) is 1. The number of rotatable bonds is 4. The van der Waals surface area contributed by atoms with Crippen molar-refractivity contribution < 1.29 is 22.7 Å². The van der Waals surface area contributed by atoms with E-state index in [9.17, 15) is 18.0 Å². The van der Waals surface area contributed by atoms with Crippen LogP contribution >= 0.6 is 0 Å². The first kappa shape index (κ1) is 21.0. The predicted molar refractivity (Wildman–Crippen MR) is 109 cm³/mol. The lowest BCUT2D eigenvalue weighted by Crippen LogP contribution is -2.36. The number of benzene rings is 2. The lowest BCUT2D eigenvalue weighted by molar-refractivity contribution is -0.155. The highest BCUT2D eigenvalue weighted by molar-refractivity contribution is 7.89. The molecule has 154 valence electrons. The Balaban J connectivity index is 2.07. The van der Waals surface area contributed by atoms with Gasteiger partial charge < -0.3 is 4.74 Å². The third-order valence-corrected chi connectivity index (χ3v) is 6.44. The molecule has 1 heterocycles. The lowest BCUT2D eigenvalue weighted by Gasteiger charge is -2.26. The molecule has 6 nitrogen and oxygen atoms in total. The van der Waals surface area contributed by atoms with Gasteiger partial charge >= 0.3 is 5.97 Å². The molecular weight excluding hydrogens is 390 g/mol. The highest BCUT2D eigenvalue weighted by atomic mass is 32.2. The fourth-order valence-electron chi connectivity index (χ4n) is 3.37. The van der Waals surface area contributed by atoms with Gasteiger partial charge in [-0.25, -0.2) is 12.7 Å². The maximum absolute atomic E-state index is 13.3. The Morgan fingerprint density at radius 1 is 1.03 bits per heavy atom. The first-order chi connectivity index (χ1) is 13.4. The molecule has 1 amide bonds. The second-order valence-electron chi connectivity index (χ2n) is 8.32. The van der Waals surface area contributed by atoms with Crippen LogP contribution in [0.4, 0.5) is 0 Å². The van der Waals surface area contributed by atoms with Crippen LogP contribution in [-0.2, 0) is 19.6 Å². The summed E-state index contributed by atoms with van der Waals surface area (Å²) >= 11 is 0. The summed E-state index contributed by atoms with van der Waals surface area (Å²) < 4.78 is 32.9. The van der Waals surface area contributed by atoms with E-state index in [0.29, 0.717) is 11.1 Å². The highest BCUT2D eigenvalue weighted by Gasteiger charge is 2.45. The second-order valence-corrected chi connectivity index (χ2v) is 10.1. The molecule has 0 aromatic heterocycles. The molecule has 1 atom stereocenters. The molecule has 0 fully saturated rings. The average Bonchev–Trinajstić information content (AvgIpc) is 2.85. The van der Waals surface area contributed by atoms with E-state index in [1.807, 2.05) is 13.8 Å². The summed E-state index contributed by atoms with van der Waals surface area (Å²) in [7, 11) is -4.15. The maximum Gasteiger partial charge on any atom is 0.308 e. The van der Waals surface area contributed by atoms with E-state index < -0.39 is 33.5 Å². The van der Waals surface area contributed by atoms with Crippen molar-refractivity contribution in [3.05, 3.63) is 64.7 Å². The van der Waals surface area contributed by atoms with E-state index in [-0.39, 0.29) is 11.3 Å². The molecule has 0 N–H and O–H groups in total. The number of sulfonamides is 1. The van der Waals surface area contributed by atoms with E-state index in [4.69, 9.17) is 4.74 Å². The van der Waals surface area contributed by atoms with E-state index in [0.717, 1.165) is 15.4 Å². The number of esters is 1. The zero-order valence-electron chi connectivity index (χ0n) is 17.2. The Bertz CT molecular complexity index is 1070. The van der Waals surface area contributed by atoms with Gasteiger partial charge in [0.15, 0.2) is 0 Å². The minimum atomic E-state index is -4.15. The van der Waals surface area contributed by atoms with Gasteiger partial charge in [-0.2, -0.15) is 0 Å². The Labute approximate surface area is 171 Å². The van der Waals surface area contributed by atoms with Crippen LogP contribution in [-0.4, -0.2) is 30.2 Å². The van der Waals surface area contributed by atoms with Gasteiger partial charge in [-0.3, -0.25) is 9.59 Å². The van der Waals surface area contributed by atoms with Crippen LogP contribution in [0.15, 0.2) is 47.4 Å². The van der Waals surface area contributed by atoms with Crippen molar-refractivity contribution in [2.75, 3.05) is 0 Å². The van der Waals surface area contributed by atoms with E-state index in [1.165, 1.54) is 12.1 Å². The summed E-state index contributed by atoms with van der Waals surface area (Å²) in [6.45, 7) is 8.92. The molecule has 1 unspecified atom stereocenters. The number of amides is 1. The largest absolute Gasteiger partial charge is 0.460 e. The fraction of sp³-hybridized carbons (Fsp3) is 0.364. The topological polar surface area (TPSA) is 80.8 Å². The monoisotopic (exact) mass is 415 g/mol. The summed E-state index contributed by atoms with van der Waals surface area (Å²) in [5.74, 6) is -1.19. The van der Waals surface area contributed by atoms with Gasteiger partial charge in [0.05, 0.1) is 17.4 Å². The van der Waals surface area contributed by atoms with E-state index >= 15 is 0 Å². The smallest absolute Gasteiger partial charge is 0.308 e. The van der Waals surface area contributed by atoms with Gasteiger partial charge in [0.25, 0.3) is 15.9 Å². The van der Waals surface area contributed by atoms with Crippen molar-refractivity contribution in [1.82, 2.24) is 4.31 Å². The fourth-order valence-corrected chi connectivity index (χ4v) is 4.92.